The van der Waals surface area contributed by atoms with Crippen LogP contribution in [0.3, 0.4) is 0 Å². The van der Waals surface area contributed by atoms with Crippen molar-refractivity contribution < 1.29 is 0 Å². The first-order chi connectivity index (χ1) is 6.59. The third-order valence-electron chi connectivity index (χ3n) is 2.52. The first-order valence-electron chi connectivity index (χ1n) is 4.80. The Morgan fingerprint density at radius 1 is 1.36 bits per heavy atom. The lowest BCUT2D eigenvalue weighted by Gasteiger charge is -2.01. The van der Waals surface area contributed by atoms with Crippen LogP contribution in [0, 0.1) is 6.92 Å². The van der Waals surface area contributed by atoms with Gasteiger partial charge in [-0.15, -0.1) is 0 Å². The minimum atomic E-state index is -0.000926. The van der Waals surface area contributed by atoms with Gasteiger partial charge in [0.15, 0.2) is 0 Å². The van der Waals surface area contributed by atoms with E-state index in [9.17, 15) is 4.79 Å². The second-order valence-electron chi connectivity index (χ2n) is 3.97. The van der Waals surface area contributed by atoms with Crippen molar-refractivity contribution in [3.63, 3.8) is 0 Å². The Morgan fingerprint density at radius 3 is 2.71 bits per heavy atom. The van der Waals surface area contributed by atoms with Gasteiger partial charge in [-0.1, -0.05) is 13.8 Å². The minimum absolute atomic E-state index is 0.000926. The highest BCUT2D eigenvalue weighted by Gasteiger charge is 2.08. The van der Waals surface area contributed by atoms with Crippen LogP contribution < -0.4 is 5.56 Å². The molecule has 0 aromatic carbocycles. The summed E-state index contributed by atoms with van der Waals surface area (Å²) in [6.07, 6.45) is 1.96. The molecule has 14 heavy (non-hydrogen) atoms. The molecule has 0 saturated heterocycles. The quantitative estimate of drug-likeness (QED) is 0.712. The number of hydrogen-bond acceptors (Lipinski definition) is 1. The van der Waals surface area contributed by atoms with Crippen molar-refractivity contribution in [1.29, 1.82) is 0 Å². The topological polar surface area (TPSA) is 48.6 Å². The fourth-order valence-electron chi connectivity index (χ4n) is 1.66. The number of aromatic amines is 2. The maximum absolute atomic E-state index is 11.4. The summed E-state index contributed by atoms with van der Waals surface area (Å²) in [6.45, 7) is 6.04. The predicted molar refractivity (Wildman–Crippen MR) is 57.7 cm³/mol. The van der Waals surface area contributed by atoms with Gasteiger partial charge in [0, 0.05) is 11.8 Å². The van der Waals surface area contributed by atoms with Gasteiger partial charge in [0.2, 0.25) is 0 Å². The van der Waals surface area contributed by atoms with Crippen molar-refractivity contribution in [2.75, 3.05) is 0 Å². The van der Waals surface area contributed by atoms with Crippen LogP contribution in [-0.2, 0) is 0 Å². The Morgan fingerprint density at radius 2 is 2.07 bits per heavy atom. The average Bonchev–Trinajstić information content (AvgIpc) is 2.48. The molecule has 2 heterocycles. The van der Waals surface area contributed by atoms with Crippen LogP contribution in [-0.4, -0.2) is 9.97 Å². The van der Waals surface area contributed by atoms with Crippen molar-refractivity contribution in [3.05, 3.63) is 33.7 Å². The van der Waals surface area contributed by atoms with E-state index in [1.807, 2.05) is 19.2 Å². The zero-order valence-electron chi connectivity index (χ0n) is 8.64. The van der Waals surface area contributed by atoms with Gasteiger partial charge in [-0.2, -0.15) is 0 Å². The lowest BCUT2D eigenvalue weighted by Crippen LogP contribution is -2.08. The summed E-state index contributed by atoms with van der Waals surface area (Å²) in [4.78, 5) is 17.5. The first kappa shape index (κ1) is 9.06. The van der Waals surface area contributed by atoms with Gasteiger partial charge in [0.1, 0.15) is 0 Å². The predicted octanol–water partition coefficient (Wildman–Crippen LogP) is 2.29. The highest BCUT2D eigenvalue weighted by Crippen LogP contribution is 2.22. The lowest BCUT2D eigenvalue weighted by atomic mass is 10.1. The van der Waals surface area contributed by atoms with Gasteiger partial charge in [0.25, 0.3) is 5.56 Å². The summed E-state index contributed by atoms with van der Waals surface area (Å²) in [5.74, 6) is 0.419. The molecule has 0 radical (unpaired) electrons. The van der Waals surface area contributed by atoms with Crippen molar-refractivity contribution in [1.82, 2.24) is 9.97 Å². The summed E-state index contributed by atoms with van der Waals surface area (Å²) in [6, 6.07) is 1.89. The molecule has 0 atom stereocenters. The number of H-pyrrole nitrogens is 2. The molecule has 0 fully saturated rings. The Balaban J connectivity index is 2.80. The number of nitrogens with one attached hydrogen (secondary N) is 2. The number of aryl methyl sites for hydroxylation is 1. The molecule has 2 N–H and O–H groups in total. The van der Waals surface area contributed by atoms with E-state index in [0.717, 1.165) is 22.2 Å². The van der Waals surface area contributed by atoms with E-state index in [1.54, 1.807) is 0 Å². The van der Waals surface area contributed by atoms with Crippen LogP contribution >= 0.6 is 0 Å². The molecular formula is C11H14N2O. The van der Waals surface area contributed by atoms with Gasteiger partial charge in [-0.05, 0) is 24.5 Å². The highest BCUT2D eigenvalue weighted by atomic mass is 16.1. The van der Waals surface area contributed by atoms with E-state index < -0.39 is 0 Å². The standard InChI is InChI=1S/C11H14N2O/c1-6(2)8-5-12-9-4-7(3)11(14)13-10(8)9/h4-6,12H,1-3H3,(H,13,14). The molecule has 3 heteroatoms. The van der Waals surface area contributed by atoms with Crippen LogP contribution in [0.5, 0.6) is 0 Å². The van der Waals surface area contributed by atoms with E-state index in [1.165, 1.54) is 0 Å². The number of hydrogen-bond donors (Lipinski definition) is 2. The van der Waals surface area contributed by atoms with Gasteiger partial charge in [-0.3, -0.25) is 4.79 Å². The molecule has 0 saturated carbocycles. The summed E-state index contributed by atoms with van der Waals surface area (Å²) >= 11 is 0. The Bertz CT molecular complexity index is 520. The number of fused-ring (bicyclic) bond motifs is 1. The highest BCUT2D eigenvalue weighted by molar-refractivity contribution is 5.79. The minimum Gasteiger partial charge on any atom is -0.360 e. The number of pyridine rings is 1. The van der Waals surface area contributed by atoms with Crippen LogP contribution in [0.25, 0.3) is 11.0 Å². The first-order valence-corrected chi connectivity index (χ1v) is 4.80. The zero-order chi connectivity index (χ0) is 10.3. The van der Waals surface area contributed by atoms with Crippen molar-refractivity contribution in [2.24, 2.45) is 0 Å². The van der Waals surface area contributed by atoms with Crippen molar-refractivity contribution >= 4 is 11.0 Å². The molecule has 0 aliphatic carbocycles. The maximum Gasteiger partial charge on any atom is 0.251 e. The second-order valence-corrected chi connectivity index (χ2v) is 3.97. The molecule has 0 aliphatic heterocycles. The van der Waals surface area contributed by atoms with Crippen LogP contribution in [0.15, 0.2) is 17.1 Å². The summed E-state index contributed by atoms with van der Waals surface area (Å²) in [7, 11) is 0. The Kier molecular flexibility index (Phi) is 1.95. The van der Waals surface area contributed by atoms with Gasteiger partial charge in [-0.25, -0.2) is 0 Å². The maximum atomic E-state index is 11.4. The van der Waals surface area contributed by atoms with Crippen LogP contribution in [0.2, 0.25) is 0 Å². The molecule has 0 bridgehead atoms. The molecule has 3 nitrogen and oxygen atoms in total. The summed E-state index contributed by atoms with van der Waals surface area (Å²) in [5.41, 5.74) is 3.85. The number of rotatable bonds is 1. The molecule has 0 unspecified atom stereocenters. The van der Waals surface area contributed by atoms with Crippen LogP contribution in [0.1, 0.15) is 30.9 Å². The lowest BCUT2D eigenvalue weighted by molar-refractivity contribution is 0.872. The Hall–Kier alpha value is -1.51. The monoisotopic (exact) mass is 190 g/mol. The van der Waals surface area contributed by atoms with Crippen molar-refractivity contribution in [2.45, 2.75) is 26.7 Å². The Labute approximate surface area is 82.2 Å². The summed E-state index contributed by atoms with van der Waals surface area (Å²) < 4.78 is 0. The normalized spacial score (nSPS) is 11.4. The molecule has 74 valence electrons. The molecule has 0 spiro atoms. The summed E-state index contributed by atoms with van der Waals surface area (Å²) in [5, 5.41) is 0. The van der Waals surface area contributed by atoms with Gasteiger partial charge >= 0.3 is 0 Å². The molecule has 2 aromatic heterocycles. The second kappa shape index (κ2) is 3.01. The van der Waals surface area contributed by atoms with E-state index >= 15 is 0 Å². The smallest absolute Gasteiger partial charge is 0.251 e. The SMILES string of the molecule is Cc1cc2[nH]cc(C(C)C)c2[nH]c1=O. The van der Waals surface area contributed by atoms with Crippen molar-refractivity contribution in [3.8, 4) is 0 Å². The van der Waals surface area contributed by atoms with Gasteiger partial charge in [0.05, 0.1) is 11.0 Å². The fraction of sp³-hybridized carbons (Fsp3) is 0.364. The van der Waals surface area contributed by atoms with Crippen LogP contribution in [0.4, 0.5) is 0 Å². The average molecular weight is 190 g/mol. The molecule has 2 rings (SSSR count). The molecule has 0 aliphatic rings. The van der Waals surface area contributed by atoms with E-state index in [4.69, 9.17) is 0 Å². The largest absolute Gasteiger partial charge is 0.360 e. The third-order valence-corrected chi connectivity index (χ3v) is 2.52. The fourth-order valence-corrected chi connectivity index (χ4v) is 1.66. The van der Waals surface area contributed by atoms with E-state index in [-0.39, 0.29) is 5.56 Å². The van der Waals surface area contributed by atoms with E-state index in [0.29, 0.717) is 5.92 Å². The zero-order valence-corrected chi connectivity index (χ0v) is 8.64. The molecule has 0 amide bonds. The molecular weight excluding hydrogens is 176 g/mol. The number of aromatic nitrogens is 2. The van der Waals surface area contributed by atoms with E-state index in [2.05, 4.69) is 23.8 Å². The molecule has 2 aromatic rings. The third kappa shape index (κ3) is 1.25. The van der Waals surface area contributed by atoms with Gasteiger partial charge < -0.3 is 9.97 Å².